The monoisotopic (exact) mass is 299 g/mol. The molecule has 0 aromatic rings. The smallest absolute Gasteiger partial charge is 0.303 e. The number of hydrogen-bond donors (Lipinski definition) is 1. The highest BCUT2D eigenvalue weighted by Crippen LogP contribution is 2.51. The van der Waals surface area contributed by atoms with E-state index < -0.39 is 5.97 Å². The van der Waals surface area contributed by atoms with Crippen molar-refractivity contribution in [1.29, 1.82) is 0 Å². The summed E-state index contributed by atoms with van der Waals surface area (Å²) < 4.78 is 0. The van der Waals surface area contributed by atoms with Crippen LogP contribution in [0.4, 0.5) is 0 Å². The van der Waals surface area contributed by atoms with E-state index in [4.69, 9.17) is 5.11 Å². The Kier molecular flexibility index (Phi) is 4.99. The number of rotatable bonds is 6. The molecule has 0 aromatic carbocycles. The van der Waals surface area contributed by atoms with Gasteiger partial charge in [-0.2, -0.15) is 11.8 Å². The molecular formula is C15H25NO3S. The Labute approximate surface area is 125 Å². The molecule has 2 unspecified atom stereocenters. The van der Waals surface area contributed by atoms with E-state index in [-0.39, 0.29) is 17.7 Å². The number of likely N-dealkylation sites (tertiary alicyclic amines) is 1. The molecule has 2 atom stereocenters. The quantitative estimate of drug-likeness (QED) is 0.819. The molecule has 0 bridgehead atoms. The Bertz CT molecular complexity index is 371. The summed E-state index contributed by atoms with van der Waals surface area (Å²) in [7, 11) is 0. The van der Waals surface area contributed by atoms with Crippen LogP contribution in [0.3, 0.4) is 0 Å². The molecule has 2 rings (SSSR count). The maximum absolute atomic E-state index is 12.3. The zero-order valence-corrected chi connectivity index (χ0v) is 13.2. The number of hydrogen-bond acceptors (Lipinski definition) is 3. The van der Waals surface area contributed by atoms with E-state index in [0.717, 1.165) is 31.4 Å². The fourth-order valence-electron chi connectivity index (χ4n) is 3.21. The first-order valence-electron chi connectivity index (χ1n) is 7.54. The molecule has 1 aliphatic carbocycles. The summed E-state index contributed by atoms with van der Waals surface area (Å²) in [5, 5.41) is 8.89. The molecule has 1 saturated carbocycles. The minimum atomic E-state index is -0.715. The number of carbonyl (C=O) groups excluding carboxylic acids is 1. The van der Waals surface area contributed by atoms with E-state index in [2.05, 4.69) is 13.8 Å². The minimum absolute atomic E-state index is 0.0179. The van der Waals surface area contributed by atoms with Crippen LogP contribution in [0, 0.1) is 5.41 Å². The summed E-state index contributed by atoms with van der Waals surface area (Å²) >= 11 is 1.62. The molecule has 2 aliphatic rings. The Morgan fingerprint density at radius 3 is 2.35 bits per heavy atom. The van der Waals surface area contributed by atoms with Gasteiger partial charge >= 0.3 is 5.97 Å². The van der Waals surface area contributed by atoms with Crippen molar-refractivity contribution in [3.8, 4) is 0 Å². The van der Waals surface area contributed by atoms with Crippen LogP contribution in [0.5, 0.6) is 0 Å². The number of piperidine rings is 1. The third-order valence-electron chi connectivity index (χ3n) is 4.60. The van der Waals surface area contributed by atoms with Crippen molar-refractivity contribution in [3.63, 3.8) is 0 Å². The molecule has 0 aromatic heterocycles. The van der Waals surface area contributed by atoms with Crippen molar-refractivity contribution < 1.29 is 14.7 Å². The highest BCUT2D eigenvalue weighted by molar-refractivity contribution is 7.99. The van der Waals surface area contributed by atoms with Crippen LogP contribution in [0.2, 0.25) is 0 Å². The molecule has 5 heteroatoms. The van der Waals surface area contributed by atoms with Gasteiger partial charge in [-0.25, -0.2) is 0 Å². The largest absolute Gasteiger partial charge is 0.481 e. The average Bonchev–Trinajstić information content (AvgIpc) is 3.07. The van der Waals surface area contributed by atoms with Gasteiger partial charge in [0.15, 0.2) is 0 Å². The standard InChI is InChI=1S/C15H25NO3S/c1-11-4-3-5-12(2)16(11)13(17)9-20-10-15(6-7-15)8-14(18)19/h11-12H,3-10H2,1-2H3,(H,18,19). The number of thioether (sulfide) groups is 1. The first-order valence-corrected chi connectivity index (χ1v) is 8.70. The lowest BCUT2D eigenvalue weighted by Gasteiger charge is -2.39. The number of carboxylic acid groups (broad SMARTS) is 1. The lowest BCUT2D eigenvalue weighted by atomic mass is 9.98. The minimum Gasteiger partial charge on any atom is -0.481 e. The Morgan fingerprint density at radius 2 is 1.85 bits per heavy atom. The molecule has 4 nitrogen and oxygen atoms in total. The molecule has 1 aliphatic heterocycles. The normalized spacial score (nSPS) is 28.2. The van der Waals surface area contributed by atoms with E-state index in [1.54, 1.807) is 11.8 Å². The SMILES string of the molecule is CC1CCCC(C)N1C(=O)CSCC1(CC(=O)O)CC1. The molecule has 1 heterocycles. The highest BCUT2D eigenvalue weighted by Gasteiger charge is 2.44. The highest BCUT2D eigenvalue weighted by atomic mass is 32.2. The summed E-state index contributed by atoms with van der Waals surface area (Å²) in [6.07, 6.45) is 5.66. The van der Waals surface area contributed by atoms with Crippen molar-refractivity contribution >= 4 is 23.6 Å². The van der Waals surface area contributed by atoms with Crippen molar-refractivity contribution in [2.75, 3.05) is 11.5 Å². The van der Waals surface area contributed by atoms with Crippen molar-refractivity contribution in [2.45, 2.75) is 64.5 Å². The summed E-state index contributed by atoms with van der Waals surface area (Å²) in [5.41, 5.74) is -0.0179. The van der Waals surface area contributed by atoms with Gasteiger partial charge in [0.05, 0.1) is 12.2 Å². The summed E-state index contributed by atoms with van der Waals surface area (Å²) in [6, 6.07) is 0.696. The molecule has 0 radical (unpaired) electrons. The first kappa shape index (κ1) is 15.7. The molecule has 0 spiro atoms. The molecule has 20 heavy (non-hydrogen) atoms. The lowest BCUT2D eigenvalue weighted by Crippen LogP contribution is -2.48. The number of amides is 1. The number of aliphatic carboxylic acids is 1. The zero-order chi connectivity index (χ0) is 14.8. The third-order valence-corrected chi connectivity index (χ3v) is 5.87. The molecule has 1 N–H and O–H groups in total. The Balaban J connectivity index is 1.76. The van der Waals surface area contributed by atoms with Gasteiger partial charge in [-0.3, -0.25) is 9.59 Å². The van der Waals surface area contributed by atoms with Crippen LogP contribution < -0.4 is 0 Å². The summed E-state index contributed by atoms with van der Waals surface area (Å²) in [6.45, 7) is 4.26. The van der Waals surface area contributed by atoms with Gasteiger partial charge in [0, 0.05) is 12.1 Å². The lowest BCUT2D eigenvalue weighted by molar-refractivity contribution is -0.138. The predicted molar refractivity (Wildman–Crippen MR) is 80.9 cm³/mol. The Morgan fingerprint density at radius 1 is 1.25 bits per heavy atom. The fraction of sp³-hybridized carbons (Fsp3) is 0.867. The van der Waals surface area contributed by atoms with Crippen LogP contribution in [0.15, 0.2) is 0 Å². The molecule has 2 fully saturated rings. The molecule has 114 valence electrons. The maximum Gasteiger partial charge on any atom is 0.303 e. The fourth-order valence-corrected chi connectivity index (χ4v) is 4.46. The van der Waals surface area contributed by atoms with Crippen LogP contribution in [-0.2, 0) is 9.59 Å². The second kappa shape index (κ2) is 6.37. The summed E-state index contributed by atoms with van der Waals surface area (Å²) in [4.78, 5) is 25.2. The van der Waals surface area contributed by atoms with Crippen LogP contribution in [0.1, 0.15) is 52.4 Å². The second-order valence-corrected chi connectivity index (χ2v) is 7.48. The van der Waals surface area contributed by atoms with Crippen LogP contribution >= 0.6 is 11.8 Å². The molecule has 1 saturated heterocycles. The van der Waals surface area contributed by atoms with Crippen molar-refractivity contribution in [2.24, 2.45) is 5.41 Å². The van der Waals surface area contributed by atoms with Crippen LogP contribution in [-0.4, -0.2) is 45.5 Å². The summed E-state index contributed by atoms with van der Waals surface area (Å²) in [5.74, 6) is 0.811. The Hall–Kier alpha value is -0.710. The van der Waals surface area contributed by atoms with E-state index in [1.165, 1.54) is 6.42 Å². The average molecular weight is 299 g/mol. The molecular weight excluding hydrogens is 274 g/mol. The topological polar surface area (TPSA) is 57.6 Å². The third kappa shape index (κ3) is 3.90. The van der Waals surface area contributed by atoms with Crippen molar-refractivity contribution in [3.05, 3.63) is 0 Å². The molecule has 1 amide bonds. The van der Waals surface area contributed by atoms with E-state index in [1.807, 2.05) is 4.90 Å². The van der Waals surface area contributed by atoms with Crippen molar-refractivity contribution in [1.82, 2.24) is 4.90 Å². The van der Waals surface area contributed by atoms with E-state index in [9.17, 15) is 9.59 Å². The van der Waals surface area contributed by atoms with Crippen LogP contribution in [0.25, 0.3) is 0 Å². The number of carbonyl (C=O) groups is 2. The van der Waals surface area contributed by atoms with E-state index in [0.29, 0.717) is 17.8 Å². The van der Waals surface area contributed by atoms with Gasteiger partial charge in [0.2, 0.25) is 5.91 Å². The van der Waals surface area contributed by atoms with Gasteiger partial charge in [-0.1, -0.05) is 0 Å². The van der Waals surface area contributed by atoms with E-state index >= 15 is 0 Å². The van der Waals surface area contributed by atoms with Gasteiger partial charge < -0.3 is 10.0 Å². The predicted octanol–water partition coefficient (Wildman–Crippen LogP) is 2.76. The maximum atomic E-state index is 12.3. The first-order chi connectivity index (χ1) is 9.43. The number of carboxylic acids is 1. The van der Waals surface area contributed by atoms with Gasteiger partial charge in [-0.15, -0.1) is 0 Å². The second-order valence-electron chi connectivity index (χ2n) is 6.49. The number of nitrogens with zero attached hydrogens (tertiary/aromatic N) is 1. The van der Waals surface area contributed by atoms with Gasteiger partial charge in [-0.05, 0) is 57.1 Å². The van der Waals surface area contributed by atoms with Gasteiger partial charge in [0.1, 0.15) is 0 Å². The van der Waals surface area contributed by atoms with Gasteiger partial charge in [0.25, 0.3) is 0 Å². The zero-order valence-electron chi connectivity index (χ0n) is 12.4.